The Bertz CT molecular complexity index is 365. The highest BCUT2D eigenvalue weighted by Gasteiger charge is 2.28. The molecule has 18 heavy (non-hydrogen) atoms. The summed E-state index contributed by atoms with van der Waals surface area (Å²) in [6, 6.07) is 8.88. The van der Waals surface area contributed by atoms with Crippen molar-refractivity contribution in [2.75, 3.05) is 6.61 Å². The Balaban J connectivity index is 2.02. The number of rotatable bonds is 5. The van der Waals surface area contributed by atoms with E-state index in [-0.39, 0.29) is 0 Å². The molecule has 0 saturated heterocycles. The zero-order chi connectivity index (χ0) is 13.0. The summed E-state index contributed by atoms with van der Waals surface area (Å²) in [5, 5.41) is 13.9. The molecule has 0 bridgehead atoms. The minimum absolute atomic E-state index is 0.300. The average molecular weight is 268 g/mol. The normalized spacial score (nSPS) is 25.3. The number of benzene rings is 1. The monoisotopic (exact) mass is 267 g/mol. The van der Waals surface area contributed by atoms with Crippen LogP contribution < -0.4 is 5.32 Å². The largest absolute Gasteiger partial charge is 0.396 e. The van der Waals surface area contributed by atoms with E-state index in [1.165, 1.54) is 18.4 Å². The van der Waals surface area contributed by atoms with Crippen LogP contribution in [0.2, 0.25) is 5.02 Å². The van der Waals surface area contributed by atoms with Crippen LogP contribution in [0.1, 0.15) is 44.2 Å². The molecule has 2 rings (SSSR count). The molecule has 1 aromatic carbocycles. The summed E-state index contributed by atoms with van der Waals surface area (Å²) >= 11 is 5.92. The van der Waals surface area contributed by atoms with E-state index >= 15 is 0 Å². The Kier molecular flexibility index (Phi) is 5.04. The zero-order valence-corrected chi connectivity index (χ0v) is 11.7. The van der Waals surface area contributed by atoms with Crippen molar-refractivity contribution in [3.63, 3.8) is 0 Å². The van der Waals surface area contributed by atoms with Crippen molar-refractivity contribution >= 4 is 11.6 Å². The minimum atomic E-state index is 0.300. The summed E-state index contributed by atoms with van der Waals surface area (Å²) in [4.78, 5) is 0. The molecule has 3 atom stereocenters. The Morgan fingerprint density at radius 3 is 2.67 bits per heavy atom. The van der Waals surface area contributed by atoms with Gasteiger partial charge in [-0.3, -0.25) is 0 Å². The van der Waals surface area contributed by atoms with Gasteiger partial charge in [-0.15, -0.1) is 0 Å². The quantitative estimate of drug-likeness (QED) is 0.855. The molecule has 100 valence electrons. The molecule has 0 radical (unpaired) electrons. The second-order valence-electron chi connectivity index (χ2n) is 5.16. The summed E-state index contributed by atoms with van der Waals surface area (Å²) in [6.45, 7) is 2.49. The van der Waals surface area contributed by atoms with Crippen LogP contribution in [0.5, 0.6) is 0 Å². The van der Waals surface area contributed by atoms with Crippen LogP contribution in [0, 0.1) is 5.92 Å². The third-order valence-corrected chi connectivity index (χ3v) is 4.24. The summed E-state index contributed by atoms with van der Waals surface area (Å²) in [5.41, 5.74) is 1.28. The Hall–Kier alpha value is -0.570. The first-order chi connectivity index (χ1) is 8.74. The molecule has 0 heterocycles. The number of aliphatic hydroxyl groups excluding tert-OH is 1. The van der Waals surface area contributed by atoms with Crippen molar-refractivity contribution < 1.29 is 5.11 Å². The lowest BCUT2D eigenvalue weighted by Gasteiger charge is -2.26. The molecule has 0 aliphatic heterocycles. The van der Waals surface area contributed by atoms with Gasteiger partial charge in [0.2, 0.25) is 0 Å². The fourth-order valence-electron chi connectivity index (χ4n) is 2.88. The highest BCUT2D eigenvalue weighted by atomic mass is 35.5. The first kappa shape index (κ1) is 13.9. The van der Waals surface area contributed by atoms with Crippen molar-refractivity contribution in [3.8, 4) is 0 Å². The van der Waals surface area contributed by atoms with Crippen LogP contribution >= 0.6 is 11.6 Å². The summed E-state index contributed by atoms with van der Waals surface area (Å²) in [5.74, 6) is 0.423. The summed E-state index contributed by atoms with van der Waals surface area (Å²) < 4.78 is 0. The van der Waals surface area contributed by atoms with E-state index in [9.17, 15) is 5.11 Å². The number of hydrogen-bond donors (Lipinski definition) is 2. The fourth-order valence-corrected chi connectivity index (χ4v) is 3.00. The number of nitrogens with one attached hydrogen (secondary N) is 1. The molecule has 2 N–H and O–H groups in total. The summed E-state index contributed by atoms with van der Waals surface area (Å²) in [7, 11) is 0. The van der Waals surface area contributed by atoms with E-state index in [0.717, 1.165) is 17.9 Å². The molecule has 0 amide bonds. The van der Waals surface area contributed by atoms with Crippen LogP contribution in [0.4, 0.5) is 0 Å². The Labute approximate surface area is 114 Å². The number of hydrogen-bond acceptors (Lipinski definition) is 2. The molecule has 0 aromatic heterocycles. The van der Waals surface area contributed by atoms with E-state index in [1.807, 2.05) is 12.1 Å². The van der Waals surface area contributed by atoms with Crippen molar-refractivity contribution in [1.82, 2.24) is 5.32 Å². The Morgan fingerprint density at radius 1 is 1.33 bits per heavy atom. The smallest absolute Gasteiger partial charge is 0.0474 e. The second-order valence-corrected chi connectivity index (χ2v) is 5.60. The first-order valence-electron chi connectivity index (χ1n) is 6.87. The predicted molar refractivity (Wildman–Crippen MR) is 75.8 cm³/mol. The van der Waals surface area contributed by atoms with Crippen LogP contribution in [0.15, 0.2) is 24.3 Å². The molecular formula is C15H22ClNO. The zero-order valence-electron chi connectivity index (χ0n) is 10.9. The molecule has 0 spiro atoms. The third kappa shape index (κ3) is 3.25. The standard InChI is InChI=1S/C15H22ClNO/c1-2-14(11-6-8-13(16)9-7-11)17-15-5-3-4-12(15)10-18/h6-9,12,14-15,17-18H,2-5,10H2,1H3. The van der Waals surface area contributed by atoms with E-state index in [2.05, 4.69) is 24.4 Å². The van der Waals surface area contributed by atoms with Crippen molar-refractivity contribution in [2.45, 2.75) is 44.7 Å². The molecule has 1 saturated carbocycles. The maximum absolute atomic E-state index is 9.37. The van der Waals surface area contributed by atoms with E-state index < -0.39 is 0 Å². The minimum Gasteiger partial charge on any atom is -0.396 e. The molecule has 1 aliphatic carbocycles. The lowest BCUT2D eigenvalue weighted by Crippen LogP contribution is -2.36. The Morgan fingerprint density at radius 2 is 2.06 bits per heavy atom. The van der Waals surface area contributed by atoms with Crippen molar-refractivity contribution in [2.24, 2.45) is 5.92 Å². The predicted octanol–water partition coefficient (Wildman–Crippen LogP) is 3.54. The molecule has 3 heteroatoms. The van der Waals surface area contributed by atoms with Gasteiger partial charge in [0.15, 0.2) is 0 Å². The van der Waals surface area contributed by atoms with Crippen LogP contribution in [-0.2, 0) is 0 Å². The van der Waals surface area contributed by atoms with Crippen molar-refractivity contribution in [1.29, 1.82) is 0 Å². The van der Waals surface area contributed by atoms with Gasteiger partial charge in [-0.05, 0) is 42.9 Å². The summed E-state index contributed by atoms with van der Waals surface area (Å²) in [6.07, 6.45) is 4.59. The molecule has 3 unspecified atom stereocenters. The van der Waals surface area contributed by atoms with Gasteiger partial charge in [-0.25, -0.2) is 0 Å². The average Bonchev–Trinajstić information content (AvgIpc) is 2.84. The molecular weight excluding hydrogens is 246 g/mol. The number of halogens is 1. The van der Waals surface area contributed by atoms with Gasteiger partial charge >= 0.3 is 0 Å². The van der Waals surface area contributed by atoms with Gasteiger partial charge < -0.3 is 10.4 Å². The van der Waals surface area contributed by atoms with Gasteiger partial charge in [0.25, 0.3) is 0 Å². The lowest BCUT2D eigenvalue weighted by molar-refractivity contribution is 0.198. The van der Waals surface area contributed by atoms with Gasteiger partial charge in [0.05, 0.1) is 0 Å². The second kappa shape index (κ2) is 6.55. The van der Waals surface area contributed by atoms with Gasteiger partial charge in [0.1, 0.15) is 0 Å². The maximum Gasteiger partial charge on any atom is 0.0474 e. The lowest BCUT2D eigenvalue weighted by atomic mass is 9.99. The third-order valence-electron chi connectivity index (χ3n) is 3.99. The van der Waals surface area contributed by atoms with E-state index in [1.54, 1.807) is 0 Å². The van der Waals surface area contributed by atoms with Gasteiger partial charge in [-0.1, -0.05) is 37.1 Å². The fraction of sp³-hybridized carbons (Fsp3) is 0.600. The molecule has 2 nitrogen and oxygen atoms in total. The highest BCUT2D eigenvalue weighted by molar-refractivity contribution is 6.30. The SMILES string of the molecule is CCC(NC1CCCC1CO)c1ccc(Cl)cc1. The van der Waals surface area contributed by atoms with Crippen LogP contribution in [0.3, 0.4) is 0 Å². The van der Waals surface area contributed by atoms with Crippen LogP contribution in [-0.4, -0.2) is 17.8 Å². The topological polar surface area (TPSA) is 32.3 Å². The van der Waals surface area contributed by atoms with E-state index in [4.69, 9.17) is 11.6 Å². The van der Waals surface area contributed by atoms with Gasteiger partial charge in [0, 0.05) is 23.7 Å². The van der Waals surface area contributed by atoms with E-state index in [0.29, 0.717) is 24.6 Å². The van der Waals surface area contributed by atoms with Crippen molar-refractivity contribution in [3.05, 3.63) is 34.9 Å². The highest BCUT2D eigenvalue weighted by Crippen LogP contribution is 2.29. The van der Waals surface area contributed by atoms with Gasteiger partial charge in [-0.2, -0.15) is 0 Å². The van der Waals surface area contributed by atoms with Crippen LogP contribution in [0.25, 0.3) is 0 Å². The molecule has 1 aliphatic rings. The maximum atomic E-state index is 9.37. The molecule has 1 aromatic rings. The molecule has 1 fully saturated rings. The first-order valence-corrected chi connectivity index (χ1v) is 7.24. The number of aliphatic hydroxyl groups is 1.